The minimum absolute atomic E-state index is 0.00461. The van der Waals surface area contributed by atoms with Crippen LogP contribution in [0.15, 0.2) is 191 Å². The molecule has 4 nitrogen and oxygen atoms in total. The van der Waals surface area contributed by atoms with E-state index in [0.717, 1.165) is 9.81 Å². The summed E-state index contributed by atoms with van der Waals surface area (Å²) in [4.78, 5) is 10.7. The largest absolute Gasteiger partial charge is 0.508 e. The van der Waals surface area contributed by atoms with Gasteiger partial charge in [-0.25, -0.2) is 0 Å². The topological polar surface area (TPSA) is 65.2 Å². The molecule has 39 heavy (non-hydrogen) atoms. The number of aliphatic hydroxyl groups excluding tert-OH is 2. The third-order valence-electron chi connectivity index (χ3n) is 4.24. The number of allylic oxidation sites excluding steroid dienone is 17. The van der Waals surface area contributed by atoms with E-state index in [0.29, 0.717) is 22.5 Å². The zero-order valence-corrected chi connectivity index (χ0v) is 24.0. The van der Waals surface area contributed by atoms with E-state index in [9.17, 15) is 10.2 Å². The van der Waals surface area contributed by atoms with Gasteiger partial charge in [0.2, 0.25) is 0 Å². The minimum atomic E-state index is 0.00461. The van der Waals surface area contributed by atoms with E-state index in [2.05, 4.69) is 56.0 Å². The zero-order valence-electron chi connectivity index (χ0n) is 22.4. The molecule has 0 fully saturated rings. The highest BCUT2D eigenvalue weighted by Crippen LogP contribution is 2.43. The van der Waals surface area contributed by atoms with Crippen molar-refractivity contribution in [2.75, 3.05) is 0 Å². The molecule has 0 saturated carbocycles. The van der Waals surface area contributed by atoms with Crippen molar-refractivity contribution in [2.24, 2.45) is 9.98 Å². The molecule has 0 aromatic carbocycles. The van der Waals surface area contributed by atoms with Crippen molar-refractivity contribution in [1.82, 2.24) is 0 Å². The molecule has 0 rings (SSSR count). The molecular weight excluding hydrogens is 521 g/mol. The molecule has 0 unspecified atom stereocenters. The molecule has 0 aliphatic carbocycles. The summed E-state index contributed by atoms with van der Waals surface area (Å²) in [5, 5.41) is 20.4. The minimum Gasteiger partial charge on any atom is -0.508 e. The van der Waals surface area contributed by atoms with E-state index in [1.54, 1.807) is 80.0 Å². The Bertz CT molecular complexity index is 1240. The molecule has 0 aliphatic rings. The number of aliphatic imine (C=N–C) groups is 2. The van der Waals surface area contributed by atoms with E-state index >= 15 is 0 Å². The predicted octanol–water partition coefficient (Wildman–Crippen LogP) is 10.1. The Morgan fingerprint density at radius 2 is 0.872 bits per heavy atom. The Kier molecular flexibility index (Phi) is 19.4. The molecule has 0 radical (unpaired) electrons. The summed E-state index contributed by atoms with van der Waals surface area (Å²) in [5.74, 6) is 0.0879. The van der Waals surface area contributed by atoms with Crippen LogP contribution in [0.4, 0.5) is 0 Å². The highest BCUT2D eigenvalue weighted by Gasteiger charge is 2.11. The van der Waals surface area contributed by atoms with Gasteiger partial charge in [-0.2, -0.15) is 0 Å². The molecule has 2 N–H and O–H groups in total. The molecule has 0 aromatic rings. The Hall–Kier alpha value is -4.26. The van der Waals surface area contributed by atoms with Gasteiger partial charge in [-0.3, -0.25) is 9.98 Å². The number of hydrogen-bond donors (Lipinski definition) is 2. The van der Waals surface area contributed by atoms with Crippen LogP contribution in [-0.4, -0.2) is 22.6 Å². The molecule has 0 heterocycles. The van der Waals surface area contributed by atoms with Gasteiger partial charge in [0.15, 0.2) is 0 Å². The van der Waals surface area contributed by atoms with Crippen molar-refractivity contribution in [2.45, 2.75) is 6.92 Å². The van der Waals surface area contributed by atoms with Gasteiger partial charge in [0.1, 0.15) is 11.5 Å². The van der Waals surface area contributed by atoms with E-state index in [4.69, 9.17) is 0 Å². The second-order valence-electron chi connectivity index (χ2n) is 6.97. The second-order valence-corrected chi connectivity index (χ2v) is 9.18. The van der Waals surface area contributed by atoms with E-state index < -0.39 is 0 Å². The Labute approximate surface area is 241 Å². The fourth-order valence-electron chi connectivity index (χ4n) is 2.51. The third-order valence-corrected chi connectivity index (χ3v) is 6.70. The molecule has 0 bridgehead atoms. The van der Waals surface area contributed by atoms with Crippen LogP contribution in [-0.2, 0) is 0 Å². The smallest absolute Gasteiger partial charge is 0.124 e. The lowest BCUT2D eigenvalue weighted by Crippen LogP contribution is -1.93. The Morgan fingerprint density at radius 1 is 0.513 bits per heavy atom. The molecule has 0 saturated heterocycles. The van der Waals surface area contributed by atoms with Crippen molar-refractivity contribution in [3.8, 4) is 0 Å². The molecule has 6 heteroatoms. The van der Waals surface area contributed by atoms with Crippen LogP contribution in [0, 0.1) is 0 Å². The second kappa shape index (κ2) is 21.8. The van der Waals surface area contributed by atoms with Crippen LogP contribution >= 0.6 is 21.6 Å². The van der Waals surface area contributed by atoms with Gasteiger partial charge in [0.25, 0.3) is 0 Å². The van der Waals surface area contributed by atoms with Crippen LogP contribution in [0.3, 0.4) is 0 Å². The summed E-state index contributed by atoms with van der Waals surface area (Å²) < 4.78 is 0. The maximum atomic E-state index is 10.3. The quantitative estimate of drug-likeness (QED) is 0.0763. The summed E-state index contributed by atoms with van der Waals surface area (Å²) in [6.07, 6.45) is 27.8. The summed E-state index contributed by atoms with van der Waals surface area (Å²) in [6, 6.07) is 0. The summed E-state index contributed by atoms with van der Waals surface area (Å²) >= 11 is 0. The van der Waals surface area contributed by atoms with Crippen molar-refractivity contribution < 1.29 is 10.2 Å². The zero-order chi connectivity index (χ0) is 29.5. The first-order chi connectivity index (χ1) is 18.9. The third kappa shape index (κ3) is 13.7. The molecule has 0 amide bonds. The van der Waals surface area contributed by atoms with Gasteiger partial charge >= 0.3 is 0 Å². The molecule has 0 aromatic heterocycles. The number of hydrogen-bond acceptors (Lipinski definition) is 6. The highest BCUT2D eigenvalue weighted by molar-refractivity contribution is 8.79. The highest BCUT2D eigenvalue weighted by atomic mass is 33.1. The first-order valence-corrected chi connectivity index (χ1v) is 13.8. The van der Waals surface area contributed by atoms with Gasteiger partial charge in [-0.05, 0) is 43.4 Å². The number of rotatable bonds is 18. The van der Waals surface area contributed by atoms with Gasteiger partial charge in [-0.1, -0.05) is 122 Å². The van der Waals surface area contributed by atoms with E-state index in [1.807, 2.05) is 12.2 Å². The monoisotopic (exact) mass is 556 g/mol. The van der Waals surface area contributed by atoms with Crippen molar-refractivity contribution in [1.29, 1.82) is 0 Å². The first kappa shape index (κ1) is 34.7. The van der Waals surface area contributed by atoms with Crippen molar-refractivity contribution in [3.63, 3.8) is 0 Å². The van der Waals surface area contributed by atoms with E-state index in [1.165, 1.54) is 40.0 Å². The fraction of sp³-hybridized carbons (Fsp3) is 0.0303. The van der Waals surface area contributed by atoms with E-state index in [-0.39, 0.29) is 11.5 Å². The van der Waals surface area contributed by atoms with Gasteiger partial charge < -0.3 is 10.2 Å². The lowest BCUT2D eigenvalue weighted by molar-refractivity contribution is 0.427. The van der Waals surface area contributed by atoms with Crippen LogP contribution in [0.2, 0.25) is 0 Å². The van der Waals surface area contributed by atoms with Crippen molar-refractivity contribution in [3.05, 3.63) is 181 Å². The Morgan fingerprint density at radius 3 is 1.21 bits per heavy atom. The lowest BCUT2D eigenvalue weighted by atomic mass is 10.2. The predicted molar refractivity (Wildman–Crippen MR) is 179 cm³/mol. The SMILES string of the molecule is C=C/C=C(/C=N\C(=C\C=C)C(=C/C=C)\SSC(=C/C=C)/C(=C\C=C)/N=C/C(=C/C=C)C(/O)=C\C=C)C(\O)=C/C. The van der Waals surface area contributed by atoms with Gasteiger partial charge in [0.05, 0.1) is 11.4 Å². The van der Waals surface area contributed by atoms with Crippen LogP contribution < -0.4 is 0 Å². The number of nitrogens with zero attached hydrogens (tertiary/aromatic N) is 2. The van der Waals surface area contributed by atoms with Crippen molar-refractivity contribution >= 4 is 34.0 Å². The Balaban J connectivity index is 6.38. The number of aliphatic hydroxyl groups is 2. The molecule has 0 aliphatic heterocycles. The maximum absolute atomic E-state index is 10.3. The fourth-order valence-corrected chi connectivity index (χ4v) is 4.79. The first-order valence-electron chi connectivity index (χ1n) is 11.6. The van der Waals surface area contributed by atoms with Gasteiger partial charge in [0, 0.05) is 33.4 Å². The summed E-state index contributed by atoms with van der Waals surface area (Å²) in [7, 11) is 2.85. The summed E-state index contributed by atoms with van der Waals surface area (Å²) in [5.41, 5.74) is 2.16. The van der Waals surface area contributed by atoms with Crippen LogP contribution in [0.1, 0.15) is 6.92 Å². The van der Waals surface area contributed by atoms with Gasteiger partial charge in [-0.15, -0.1) is 0 Å². The normalized spacial score (nSPS) is 14.9. The van der Waals surface area contributed by atoms with Crippen LogP contribution in [0.5, 0.6) is 0 Å². The molecule has 202 valence electrons. The molecule has 0 atom stereocenters. The molecular formula is C33H36N2O2S2. The maximum Gasteiger partial charge on any atom is 0.124 e. The average Bonchev–Trinajstić information content (AvgIpc) is 2.93. The van der Waals surface area contributed by atoms with Crippen LogP contribution in [0.25, 0.3) is 0 Å². The lowest BCUT2D eigenvalue weighted by Gasteiger charge is -2.10. The standard InChI is InChI=1S/C33H36N2O2S2/c1-9-17-26(30(36)16-8)24-34-28(19-11-3)32(22-14-6)38-39-33(23-15-7)29(20-12-4)35-25-27(18-10-2)31(37)21-13-5/h9-25,36-37H,1-7H2,8H3/b26-17-,27-18-,28-19+,29-20+,30-16+,31-21+,32-22+,33-23+,34-24-,35-25+. The molecule has 0 spiro atoms. The average molecular weight is 557 g/mol. The summed E-state index contributed by atoms with van der Waals surface area (Å²) in [6.45, 7) is 28.0.